The van der Waals surface area contributed by atoms with E-state index in [4.69, 9.17) is 9.97 Å². The van der Waals surface area contributed by atoms with Gasteiger partial charge in [-0.2, -0.15) is 0 Å². The van der Waals surface area contributed by atoms with Crippen LogP contribution >= 0.6 is 11.3 Å². The van der Waals surface area contributed by atoms with Crippen LogP contribution in [0.2, 0.25) is 0 Å². The molecule has 3 aromatic heterocycles. The summed E-state index contributed by atoms with van der Waals surface area (Å²) in [5.74, 6) is 0.683. The Bertz CT molecular complexity index is 3570. The SMILES string of the molecule is c1ccc(-c2cc(-c3ccc4c(c3)C3(c5ccccc5-c5ccccc5-4)c4ccccc4-c4c3ccc3sc5ccccc5c43)nc(-c3ccc(-c4cccnc4)cc3)n2)cc1. The van der Waals surface area contributed by atoms with Crippen molar-refractivity contribution in [1.82, 2.24) is 15.0 Å². The highest BCUT2D eigenvalue weighted by molar-refractivity contribution is 7.26. The van der Waals surface area contributed by atoms with Crippen LogP contribution < -0.4 is 0 Å². The van der Waals surface area contributed by atoms with Crippen molar-refractivity contribution in [3.63, 3.8) is 0 Å². The van der Waals surface area contributed by atoms with E-state index in [9.17, 15) is 0 Å². The molecular formula is C58H35N3S. The fourth-order valence-corrected chi connectivity index (χ4v) is 11.5. The topological polar surface area (TPSA) is 38.7 Å². The van der Waals surface area contributed by atoms with Gasteiger partial charge >= 0.3 is 0 Å². The number of aromatic nitrogens is 3. The number of benzene rings is 8. The molecule has 1 unspecified atom stereocenters. The minimum absolute atomic E-state index is 0.635. The molecule has 62 heavy (non-hydrogen) atoms. The first-order chi connectivity index (χ1) is 30.7. The molecule has 0 bridgehead atoms. The Kier molecular flexibility index (Phi) is 7.69. The summed E-state index contributed by atoms with van der Waals surface area (Å²) in [4.78, 5) is 15.0. The summed E-state index contributed by atoms with van der Waals surface area (Å²) in [6.07, 6.45) is 3.70. The van der Waals surface area contributed by atoms with Crippen molar-refractivity contribution in [3.05, 3.63) is 235 Å². The third-order valence-electron chi connectivity index (χ3n) is 13.0. The van der Waals surface area contributed by atoms with E-state index >= 15 is 0 Å². The quantitative estimate of drug-likeness (QED) is 0.178. The molecule has 1 atom stereocenters. The van der Waals surface area contributed by atoms with Crippen LogP contribution in [0.1, 0.15) is 22.3 Å². The lowest BCUT2D eigenvalue weighted by atomic mass is 9.65. The zero-order valence-corrected chi connectivity index (χ0v) is 34.3. The van der Waals surface area contributed by atoms with E-state index in [1.165, 1.54) is 75.8 Å². The Morgan fingerprint density at radius 2 is 0.984 bits per heavy atom. The van der Waals surface area contributed by atoms with Gasteiger partial charge in [-0.1, -0.05) is 170 Å². The van der Waals surface area contributed by atoms with Gasteiger partial charge in [-0.3, -0.25) is 4.98 Å². The van der Waals surface area contributed by atoms with E-state index in [1.807, 2.05) is 23.6 Å². The van der Waals surface area contributed by atoms with Gasteiger partial charge in [0.25, 0.3) is 0 Å². The average molecular weight is 806 g/mol. The molecule has 0 radical (unpaired) electrons. The normalized spacial score (nSPS) is 14.5. The Labute approximate surface area is 363 Å². The maximum absolute atomic E-state index is 5.41. The van der Waals surface area contributed by atoms with E-state index in [1.54, 1.807) is 6.20 Å². The van der Waals surface area contributed by atoms with E-state index in [0.29, 0.717) is 5.82 Å². The van der Waals surface area contributed by atoms with Gasteiger partial charge in [-0.05, 0) is 97.1 Å². The summed E-state index contributed by atoms with van der Waals surface area (Å²) in [7, 11) is 0. The fourth-order valence-electron chi connectivity index (χ4n) is 10.4. The second-order valence-corrected chi connectivity index (χ2v) is 17.3. The minimum Gasteiger partial charge on any atom is -0.264 e. The molecule has 2 aliphatic rings. The number of fused-ring (bicyclic) bond motifs is 16. The van der Waals surface area contributed by atoms with E-state index in [-0.39, 0.29) is 0 Å². The maximum Gasteiger partial charge on any atom is 0.160 e. The molecule has 0 saturated carbocycles. The van der Waals surface area contributed by atoms with Crippen LogP contribution in [0.3, 0.4) is 0 Å². The highest BCUT2D eigenvalue weighted by atomic mass is 32.1. The third-order valence-corrected chi connectivity index (χ3v) is 14.2. The van der Waals surface area contributed by atoms with Crippen molar-refractivity contribution >= 4 is 31.5 Å². The summed E-state index contributed by atoms with van der Waals surface area (Å²) in [6, 6.07) is 73.2. The molecule has 4 heteroatoms. The Hall–Kier alpha value is -7.79. The summed E-state index contributed by atoms with van der Waals surface area (Å²) < 4.78 is 2.62. The molecule has 288 valence electrons. The first-order valence-corrected chi connectivity index (χ1v) is 21.9. The lowest BCUT2D eigenvalue weighted by Crippen LogP contribution is -2.29. The molecule has 1 spiro atoms. The van der Waals surface area contributed by atoms with Crippen LogP contribution in [0.4, 0.5) is 0 Å². The second-order valence-electron chi connectivity index (χ2n) is 16.3. The number of hydrogen-bond acceptors (Lipinski definition) is 4. The highest BCUT2D eigenvalue weighted by Gasteiger charge is 2.50. The molecule has 13 rings (SSSR count). The van der Waals surface area contributed by atoms with Crippen LogP contribution in [0.5, 0.6) is 0 Å². The fraction of sp³-hybridized carbons (Fsp3) is 0.0172. The number of hydrogen-bond donors (Lipinski definition) is 0. The summed E-state index contributed by atoms with van der Waals surface area (Å²) in [5.41, 5.74) is 19.1. The molecular weight excluding hydrogens is 771 g/mol. The molecule has 8 aromatic carbocycles. The van der Waals surface area contributed by atoms with Crippen LogP contribution in [0.25, 0.3) is 98.6 Å². The van der Waals surface area contributed by atoms with Gasteiger partial charge in [0, 0.05) is 49.3 Å². The molecule has 0 aliphatic heterocycles. The number of nitrogens with zero attached hydrogens (tertiary/aromatic N) is 3. The monoisotopic (exact) mass is 805 g/mol. The van der Waals surface area contributed by atoms with Crippen molar-refractivity contribution in [3.8, 4) is 78.4 Å². The lowest BCUT2D eigenvalue weighted by Gasteiger charge is -2.35. The Morgan fingerprint density at radius 1 is 0.371 bits per heavy atom. The van der Waals surface area contributed by atoms with Crippen molar-refractivity contribution in [2.45, 2.75) is 5.41 Å². The predicted octanol–water partition coefficient (Wildman–Crippen LogP) is 14.9. The largest absolute Gasteiger partial charge is 0.264 e. The molecule has 3 nitrogen and oxygen atoms in total. The third kappa shape index (κ3) is 5.08. The van der Waals surface area contributed by atoms with Crippen molar-refractivity contribution in [2.75, 3.05) is 0 Å². The second kappa shape index (κ2) is 13.6. The Morgan fingerprint density at radius 3 is 1.76 bits per heavy atom. The minimum atomic E-state index is -0.635. The smallest absolute Gasteiger partial charge is 0.160 e. The van der Waals surface area contributed by atoms with Crippen LogP contribution in [0.15, 0.2) is 213 Å². The maximum atomic E-state index is 5.41. The molecule has 2 aliphatic carbocycles. The zero-order valence-electron chi connectivity index (χ0n) is 33.5. The van der Waals surface area contributed by atoms with E-state index in [0.717, 1.165) is 39.2 Å². The van der Waals surface area contributed by atoms with E-state index < -0.39 is 5.41 Å². The highest BCUT2D eigenvalue weighted by Crippen LogP contribution is 2.63. The van der Waals surface area contributed by atoms with Crippen LogP contribution in [0, 0.1) is 0 Å². The van der Waals surface area contributed by atoms with Gasteiger partial charge in [0.05, 0.1) is 16.8 Å². The van der Waals surface area contributed by atoms with Gasteiger partial charge < -0.3 is 0 Å². The first kappa shape index (κ1) is 35.0. The van der Waals surface area contributed by atoms with Gasteiger partial charge in [0.1, 0.15) is 0 Å². The van der Waals surface area contributed by atoms with Crippen molar-refractivity contribution < 1.29 is 0 Å². The van der Waals surface area contributed by atoms with Crippen molar-refractivity contribution in [2.24, 2.45) is 0 Å². The van der Waals surface area contributed by atoms with Gasteiger partial charge in [-0.15, -0.1) is 11.3 Å². The molecule has 0 N–H and O–H groups in total. The summed E-state index contributed by atoms with van der Waals surface area (Å²) in [5, 5.41) is 2.65. The van der Waals surface area contributed by atoms with Crippen molar-refractivity contribution in [1.29, 1.82) is 0 Å². The van der Waals surface area contributed by atoms with Crippen LogP contribution in [-0.2, 0) is 5.41 Å². The molecule has 0 amide bonds. The number of rotatable bonds is 4. The lowest BCUT2D eigenvalue weighted by molar-refractivity contribution is 0.776. The van der Waals surface area contributed by atoms with E-state index in [2.05, 4.69) is 199 Å². The average Bonchev–Trinajstić information content (AvgIpc) is 3.85. The van der Waals surface area contributed by atoms with Crippen LogP contribution in [-0.4, -0.2) is 15.0 Å². The summed E-state index contributed by atoms with van der Waals surface area (Å²) >= 11 is 1.88. The molecule has 11 aromatic rings. The molecule has 0 fully saturated rings. The number of thiophene rings is 1. The molecule has 0 saturated heterocycles. The number of pyridine rings is 1. The van der Waals surface area contributed by atoms with Gasteiger partial charge in [-0.25, -0.2) is 9.97 Å². The first-order valence-electron chi connectivity index (χ1n) is 21.1. The Balaban J connectivity index is 1.11. The standard InChI is InChI=1S/C58H35N3S/c1-2-13-37(14-3-1)51-34-52(61-57(60-51)38-26-24-36(25-27-38)40-15-12-32-59-35-40)39-28-29-44-42-17-5-4-16-41(42)43-18-6-9-21-47(43)58(50(44)33-39)48-22-10-7-19-45(48)55-49(58)30-31-54-56(55)46-20-8-11-23-53(46)62-54/h1-35H. The summed E-state index contributed by atoms with van der Waals surface area (Å²) in [6.45, 7) is 0. The van der Waals surface area contributed by atoms with Gasteiger partial charge in [0.15, 0.2) is 5.82 Å². The van der Waals surface area contributed by atoms with Gasteiger partial charge in [0.2, 0.25) is 0 Å². The predicted molar refractivity (Wildman–Crippen MR) is 256 cm³/mol. The molecule has 3 heterocycles. The zero-order chi connectivity index (χ0) is 40.8.